The predicted molar refractivity (Wildman–Crippen MR) is 114 cm³/mol. The minimum absolute atomic E-state index is 0.0701. The minimum Gasteiger partial charge on any atom is -0.459 e. The van der Waals surface area contributed by atoms with Gasteiger partial charge in [0.1, 0.15) is 17.8 Å². The lowest BCUT2D eigenvalue weighted by Gasteiger charge is -2.47. The summed E-state index contributed by atoms with van der Waals surface area (Å²) >= 11 is 0. The van der Waals surface area contributed by atoms with Crippen molar-refractivity contribution in [3.63, 3.8) is 0 Å². The Morgan fingerprint density at radius 1 is 1.19 bits per heavy atom. The average molecular weight is 455 g/mol. The number of fused-ring (bicyclic) bond motifs is 2. The summed E-state index contributed by atoms with van der Waals surface area (Å²) in [7, 11) is 1.47. The van der Waals surface area contributed by atoms with E-state index in [9.17, 15) is 30.3 Å². The molecule has 4 aliphatic carbocycles. The largest absolute Gasteiger partial charge is 0.459 e. The molecule has 11 atom stereocenters. The van der Waals surface area contributed by atoms with Crippen LogP contribution in [0.2, 0.25) is 0 Å². The molecule has 4 aliphatic rings. The van der Waals surface area contributed by atoms with E-state index in [4.69, 9.17) is 9.47 Å². The van der Waals surface area contributed by atoms with Gasteiger partial charge >= 0.3 is 5.97 Å². The van der Waals surface area contributed by atoms with E-state index in [2.05, 4.69) is 6.58 Å². The molecule has 0 aromatic carbocycles. The average Bonchev–Trinajstić information content (AvgIpc) is 2.89. The van der Waals surface area contributed by atoms with Gasteiger partial charge in [-0.2, -0.15) is 0 Å². The zero-order valence-electron chi connectivity index (χ0n) is 19.6. The van der Waals surface area contributed by atoms with Crippen molar-refractivity contribution in [1.82, 2.24) is 0 Å². The SMILES string of the molecule is C=C1[C@@H]2[C@@H](OC)[C@H](O)C(C)(C)[C@@]2(O)[C@H](O)C[C@]23C[C@@](C)(O)[C@H](CC[C@@H]12)[C@H]3OC(=O)C(C)O. The number of ether oxygens (including phenoxy) is 2. The van der Waals surface area contributed by atoms with Crippen LogP contribution < -0.4 is 0 Å². The van der Waals surface area contributed by atoms with Gasteiger partial charge in [-0.05, 0) is 45.4 Å². The monoisotopic (exact) mass is 454 g/mol. The summed E-state index contributed by atoms with van der Waals surface area (Å²) in [5.41, 5.74) is -4.17. The van der Waals surface area contributed by atoms with Gasteiger partial charge in [-0.1, -0.05) is 26.0 Å². The van der Waals surface area contributed by atoms with Gasteiger partial charge in [-0.15, -0.1) is 0 Å². The highest BCUT2D eigenvalue weighted by atomic mass is 16.6. The molecule has 0 amide bonds. The lowest BCUT2D eigenvalue weighted by atomic mass is 9.61. The first-order valence-electron chi connectivity index (χ1n) is 11.6. The lowest BCUT2D eigenvalue weighted by molar-refractivity contribution is -0.186. The Morgan fingerprint density at radius 3 is 2.38 bits per heavy atom. The molecule has 182 valence electrons. The summed E-state index contributed by atoms with van der Waals surface area (Å²) < 4.78 is 11.4. The van der Waals surface area contributed by atoms with Crippen LogP contribution in [-0.2, 0) is 14.3 Å². The van der Waals surface area contributed by atoms with Crippen molar-refractivity contribution in [3.8, 4) is 0 Å². The first-order valence-corrected chi connectivity index (χ1v) is 11.6. The van der Waals surface area contributed by atoms with Gasteiger partial charge in [0.25, 0.3) is 0 Å². The van der Waals surface area contributed by atoms with Crippen LogP contribution in [0.4, 0.5) is 0 Å². The number of aliphatic hydroxyl groups is 5. The maximum Gasteiger partial charge on any atom is 0.334 e. The lowest BCUT2D eigenvalue weighted by Crippen LogP contribution is -2.57. The normalized spacial score (nSPS) is 52.7. The van der Waals surface area contributed by atoms with Gasteiger partial charge in [0, 0.05) is 29.8 Å². The number of esters is 1. The first kappa shape index (κ1) is 24.1. The van der Waals surface area contributed by atoms with Gasteiger partial charge in [-0.3, -0.25) is 0 Å². The molecule has 32 heavy (non-hydrogen) atoms. The van der Waals surface area contributed by atoms with Crippen LogP contribution in [0.3, 0.4) is 0 Å². The molecule has 1 unspecified atom stereocenters. The Morgan fingerprint density at radius 2 is 1.81 bits per heavy atom. The van der Waals surface area contributed by atoms with Crippen LogP contribution in [0.5, 0.6) is 0 Å². The third kappa shape index (κ3) is 2.80. The van der Waals surface area contributed by atoms with E-state index in [1.807, 2.05) is 0 Å². The van der Waals surface area contributed by atoms with Crippen molar-refractivity contribution in [2.24, 2.45) is 28.6 Å². The van der Waals surface area contributed by atoms with E-state index < -0.39 is 64.4 Å². The number of hydrogen-bond donors (Lipinski definition) is 5. The molecule has 0 saturated heterocycles. The van der Waals surface area contributed by atoms with Crippen LogP contribution in [-0.4, -0.2) is 80.3 Å². The third-order valence-electron chi connectivity index (χ3n) is 9.55. The molecule has 0 aliphatic heterocycles. The zero-order chi connectivity index (χ0) is 24.0. The van der Waals surface area contributed by atoms with E-state index in [1.54, 1.807) is 20.8 Å². The number of rotatable bonds is 3. The molecule has 5 N–H and O–H groups in total. The van der Waals surface area contributed by atoms with E-state index in [1.165, 1.54) is 14.0 Å². The van der Waals surface area contributed by atoms with Crippen molar-refractivity contribution in [2.45, 2.75) is 95.1 Å². The topological polar surface area (TPSA) is 137 Å². The standard InChI is InChI=1S/C24H38O8/c1-11-13-7-8-14-19(32-20(28)12(2)25)23(13,10-22(14,5)29)9-15(26)24(30)16(11)17(31-6)18(27)21(24,3)4/h12-19,25-27,29-30H,1,7-10H2,2-6H3/t12?,13-,14+,15+,16+,17+,18-,19+,22+,23-,24+/m0/s1. The van der Waals surface area contributed by atoms with Gasteiger partial charge in [0.05, 0.1) is 23.9 Å². The Bertz CT molecular complexity index is 806. The van der Waals surface area contributed by atoms with Gasteiger partial charge in [0.15, 0.2) is 0 Å². The van der Waals surface area contributed by atoms with Crippen molar-refractivity contribution in [3.05, 3.63) is 12.2 Å². The Balaban J connectivity index is 1.86. The molecule has 8 nitrogen and oxygen atoms in total. The van der Waals surface area contributed by atoms with Crippen LogP contribution in [0.1, 0.15) is 53.4 Å². The number of hydrogen-bond acceptors (Lipinski definition) is 8. The van der Waals surface area contributed by atoms with Gasteiger partial charge in [-0.25, -0.2) is 4.79 Å². The van der Waals surface area contributed by atoms with Crippen LogP contribution in [0, 0.1) is 28.6 Å². The van der Waals surface area contributed by atoms with E-state index in [0.717, 1.165) is 0 Å². The third-order valence-corrected chi connectivity index (χ3v) is 9.55. The van der Waals surface area contributed by atoms with Crippen molar-refractivity contribution >= 4 is 5.97 Å². The molecule has 2 bridgehead atoms. The maximum atomic E-state index is 12.4. The van der Waals surface area contributed by atoms with Crippen molar-refractivity contribution < 1.29 is 39.8 Å². The van der Waals surface area contributed by atoms with Gasteiger partial charge < -0.3 is 35.0 Å². The fourth-order valence-electron chi connectivity index (χ4n) is 7.96. The fraction of sp³-hybridized carbons (Fsp3) is 0.875. The maximum absolute atomic E-state index is 12.4. The second kappa shape index (κ2) is 7.23. The molecule has 1 spiro atoms. The summed E-state index contributed by atoms with van der Waals surface area (Å²) in [5, 5.41) is 55.7. The molecule has 0 aromatic rings. The summed E-state index contributed by atoms with van der Waals surface area (Å²) in [6, 6.07) is 0. The second-order valence-corrected chi connectivity index (χ2v) is 11.5. The first-order chi connectivity index (χ1) is 14.7. The molecule has 4 rings (SSSR count). The number of aliphatic hydroxyl groups excluding tert-OH is 3. The second-order valence-electron chi connectivity index (χ2n) is 11.5. The minimum atomic E-state index is -1.72. The highest BCUT2D eigenvalue weighted by Crippen LogP contribution is 2.69. The molecule has 0 heterocycles. The Labute approximate surface area is 189 Å². The summed E-state index contributed by atoms with van der Waals surface area (Å²) in [5.74, 6) is -2.13. The van der Waals surface area contributed by atoms with E-state index >= 15 is 0 Å². The summed E-state index contributed by atoms with van der Waals surface area (Å²) in [6.45, 7) is 10.8. The van der Waals surface area contributed by atoms with Gasteiger partial charge in [0.2, 0.25) is 0 Å². The molecule has 4 saturated carbocycles. The predicted octanol–water partition coefficient (Wildman–Crippen LogP) is 0.530. The summed E-state index contributed by atoms with van der Waals surface area (Å²) in [4.78, 5) is 12.4. The molecular formula is C24H38O8. The molecule has 4 fully saturated rings. The highest BCUT2D eigenvalue weighted by Gasteiger charge is 2.75. The zero-order valence-corrected chi connectivity index (χ0v) is 19.6. The Hall–Kier alpha value is -1.03. The number of carbonyl (C=O) groups excluding carboxylic acids is 1. The quantitative estimate of drug-likeness (QED) is 0.308. The van der Waals surface area contributed by atoms with Crippen molar-refractivity contribution in [2.75, 3.05) is 7.11 Å². The number of methoxy groups -OCH3 is 1. The van der Waals surface area contributed by atoms with Crippen LogP contribution in [0.25, 0.3) is 0 Å². The summed E-state index contributed by atoms with van der Waals surface area (Å²) in [6.07, 6.45) is -3.55. The highest BCUT2D eigenvalue weighted by molar-refractivity contribution is 5.74. The molecule has 8 heteroatoms. The molecule has 0 radical (unpaired) electrons. The van der Waals surface area contributed by atoms with Crippen molar-refractivity contribution in [1.29, 1.82) is 0 Å². The fourth-order valence-corrected chi connectivity index (χ4v) is 7.96. The van der Waals surface area contributed by atoms with E-state index in [-0.39, 0.29) is 24.7 Å². The molecule has 0 aromatic heterocycles. The Kier molecular flexibility index (Phi) is 5.45. The smallest absolute Gasteiger partial charge is 0.334 e. The van der Waals surface area contributed by atoms with Crippen LogP contribution in [0.15, 0.2) is 12.2 Å². The van der Waals surface area contributed by atoms with Crippen LogP contribution >= 0.6 is 0 Å². The number of carbonyl (C=O) groups is 1. The van der Waals surface area contributed by atoms with E-state index in [0.29, 0.717) is 18.4 Å². The molecular weight excluding hydrogens is 416 g/mol.